The molecule has 2 unspecified atom stereocenters. The van der Waals surface area contributed by atoms with E-state index in [9.17, 15) is 4.79 Å². The molecular weight excluding hydrogens is 456 g/mol. The maximum atomic E-state index is 13.2. The fraction of sp³-hybridized carbons (Fsp3) is 0.483. The Morgan fingerprint density at radius 1 is 1.03 bits per heavy atom. The first kappa shape index (κ1) is 23.4. The lowest BCUT2D eigenvalue weighted by Gasteiger charge is -2.46. The molecule has 0 bridgehead atoms. The predicted octanol–water partition coefficient (Wildman–Crippen LogP) is 4.74. The zero-order chi connectivity index (χ0) is 24.6. The lowest BCUT2D eigenvalue weighted by atomic mass is 9.83. The van der Waals surface area contributed by atoms with E-state index in [-0.39, 0.29) is 5.78 Å². The van der Waals surface area contributed by atoms with E-state index in [0.29, 0.717) is 47.3 Å². The van der Waals surface area contributed by atoms with Crippen molar-refractivity contribution >= 4 is 11.9 Å². The maximum absolute atomic E-state index is 13.2. The number of rotatable bonds is 5. The monoisotopic (exact) mass is 490 g/mol. The van der Waals surface area contributed by atoms with Crippen LogP contribution in [-0.4, -0.2) is 62.2 Å². The van der Waals surface area contributed by atoms with Crippen molar-refractivity contribution in [2.45, 2.75) is 44.7 Å². The van der Waals surface area contributed by atoms with Crippen LogP contribution in [0.3, 0.4) is 0 Å². The second kappa shape index (κ2) is 9.79. The highest BCUT2D eigenvalue weighted by atomic mass is 16.5. The van der Waals surface area contributed by atoms with Crippen LogP contribution in [-0.2, 0) is 6.54 Å². The van der Waals surface area contributed by atoms with Gasteiger partial charge in [-0.2, -0.15) is 0 Å². The number of allylic oxidation sites excluding steroid dienone is 1. The Balaban J connectivity index is 1.22. The standard InChI is InChI=1S/C29H34N2O5/c1-33-25-10-8-19(14-26(25)34-2)15-27-28(32)21-9-11-24-22(29(21)36-27)17-30(18-35-24)16-20-6-5-13-31-12-4-3-7-23(20)31/h8-11,14-15,20,23H,3-7,12-13,16-18H2,1-2H3/b27-15-. The largest absolute Gasteiger partial charge is 0.493 e. The molecule has 0 saturated carbocycles. The number of carbonyl (C=O) groups is 1. The molecule has 0 aromatic heterocycles. The topological polar surface area (TPSA) is 60.5 Å². The van der Waals surface area contributed by atoms with Gasteiger partial charge in [0.15, 0.2) is 17.3 Å². The number of benzene rings is 2. The van der Waals surface area contributed by atoms with Crippen LogP contribution in [0.5, 0.6) is 23.0 Å². The summed E-state index contributed by atoms with van der Waals surface area (Å²) in [6, 6.07) is 9.98. The molecule has 0 N–H and O–H groups in total. The van der Waals surface area contributed by atoms with Crippen molar-refractivity contribution in [3.63, 3.8) is 0 Å². The molecule has 4 aliphatic heterocycles. The minimum atomic E-state index is -0.107. The fourth-order valence-corrected chi connectivity index (χ4v) is 6.34. The highest BCUT2D eigenvalue weighted by molar-refractivity contribution is 6.15. The first-order valence-corrected chi connectivity index (χ1v) is 13.1. The number of methoxy groups -OCH3 is 2. The van der Waals surface area contributed by atoms with Crippen molar-refractivity contribution in [3.05, 3.63) is 52.8 Å². The number of fused-ring (bicyclic) bond motifs is 4. The molecule has 4 aliphatic rings. The number of carbonyl (C=O) groups excluding carboxylic acids is 1. The molecule has 2 fully saturated rings. The van der Waals surface area contributed by atoms with Gasteiger partial charge in [-0.1, -0.05) is 12.5 Å². The minimum absolute atomic E-state index is 0.107. The summed E-state index contributed by atoms with van der Waals surface area (Å²) < 4.78 is 23.1. The van der Waals surface area contributed by atoms with Crippen LogP contribution in [0.15, 0.2) is 36.1 Å². The average molecular weight is 491 g/mol. The second-order valence-corrected chi connectivity index (χ2v) is 10.3. The molecule has 2 atom stereocenters. The Labute approximate surface area is 212 Å². The second-order valence-electron chi connectivity index (χ2n) is 10.3. The normalized spacial score (nSPS) is 24.9. The number of nitrogens with zero attached hydrogens (tertiary/aromatic N) is 2. The molecule has 4 heterocycles. The molecule has 2 aromatic carbocycles. The Morgan fingerprint density at radius 2 is 1.89 bits per heavy atom. The fourth-order valence-electron chi connectivity index (χ4n) is 6.34. The number of piperidine rings is 2. The zero-order valence-corrected chi connectivity index (χ0v) is 21.1. The van der Waals surface area contributed by atoms with Gasteiger partial charge in [-0.3, -0.25) is 9.69 Å². The molecule has 2 saturated heterocycles. The van der Waals surface area contributed by atoms with Gasteiger partial charge in [0.2, 0.25) is 5.78 Å². The number of hydrogen-bond acceptors (Lipinski definition) is 7. The molecule has 7 nitrogen and oxygen atoms in total. The average Bonchev–Trinajstić information content (AvgIpc) is 3.24. The van der Waals surface area contributed by atoms with E-state index in [1.165, 1.54) is 45.2 Å². The van der Waals surface area contributed by atoms with Gasteiger partial charge in [-0.15, -0.1) is 0 Å². The Morgan fingerprint density at radius 3 is 2.75 bits per heavy atom. The van der Waals surface area contributed by atoms with Gasteiger partial charge < -0.3 is 23.8 Å². The van der Waals surface area contributed by atoms with Crippen molar-refractivity contribution in [1.29, 1.82) is 0 Å². The van der Waals surface area contributed by atoms with Crippen molar-refractivity contribution in [1.82, 2.24) is 9.80 Å². The van der Waals surface area contributed by atoms with Crippen LogP contribution in [0.1, 0.15) is 53.6 Å². The number of Topliss-reactive ketones (excluding diaryl/α,β-unsaturated/α-hetero) is 1. The first-order chi connectivity index (χ1) is 17.6. The summed E-state index contributed by atoms with van der Waals surface area (Å²) in [4.78, 5) is 18.3. The molecule has 7 heteroatoms. The Kier molecular flexibility index (Phi) is 6.36. The van der Waals surface area contributed by atoms with E-state index in [1.807, 2.05) is 30.3 Å². The third kappa shape index (κ3) is 4.24. The lowest BCUT2D eigenvalue weighted by Crippen LogP contribution is -2.51. The van der Waals surface area contributed by atoms with Crippen LogP contribution in [0, 0.1) is 5.92 Å². The lowest BCUT2D eigenvalue weighted by molar-refractivity contribution is 0.0141. The van der Waals surface area contributed by atoms with Gasteiger partial charge in [0.05, 0.1) is 25.3 Å². The summed E-state index contributed by atoms with van der Waals surface area (Å²) in [6.45, 7) is 4.83. The van der Waals surface area contributed by atoms with Crippen LogP contribution in [0.2, 0.25) is 0 Å². The van der Waals surface area contributed by atoms with Crippen LogP contribution >= 0.6 is 0 Å². The van der Waals surface area contributed by atoms with Crippen molar-refractivity contribution < 1.29 is 23.7 Å². The van der Waals surface area contributed by atoms with E-state index in [1.54, 1.807) is 20.3 Å². The smallest absolute Gasteiger partial charge is 0.231 e. The van der Waals surface area contributed by atoms with E-state index < -0.39 is 0 Å². The van der Waals surface area contributed by atoms with E-state index >= 15 is 0 Å². The molecule has 0 amide bonds. The van der Waals surface area contributed by atoms with E-state index in [4.69, 9.17) is 18.9 Å². The first-order valence-electron chi connectivity index (χ1n) is 13.1. The molecule has 0 spiro atoms. The summed E-state index contributed by atoms with van der Waals surface area (Å²) >= 11 is 0. The van der Waals surface area contributed by atoms with Crippen molar-refractivity contribution in [2.24, 2.45) is 5.92 Å². The Hall–Kier alpha value is -3.03. The molecule has 36 heavy (non-hydrogen) atoms. The van der Waals surface area contributed by atoms with Gasteiger partial charge in [-0.05, 0) is 80.6 Å². The minimum Gasteiger partial charge on any atom is -0.493 e. The third-order valence-electron chi connectivity index (χ3n) is 8.11. The van der Waals surface area contributed by atoms with Gasteiger partial charge in [0.1, 0.15) is 18.2 Å². The van der Waals surface area contributed by atoms with Crippen molar-refractivity contribution in [3.8, 4) is 23.0 Å². The van der Waals surface area contributed by atoms with Gasteiger partial charge in [0.25, 0.3) is 0 Å². The number of ketones is 1. The summed E-state index contributed by atoms with van der Waals surface area (Å²) in [5.74, 6) is 3.57. The SMILES string of the molecule is COc1ccc(/C=C2\Oc3c(ccc4c3CN(CC3CCCN5CCCCC35)CO4)C2=O)cc1OC. The summed E-state index contributed by atoms with van der Waals surface area (Å²) in [5, 5.41) is 0. The maximum Gasteiger partial charge on any atom is 0.231 e. The van der Waals surface area contributed by atoms with Gasteiger partial charge in [0, 0.05) is 19.1 Å². The van der Waals surface area contributed by atoms with Crippen LogP contribution < -0.4 is 18.9 Å². The van der Waals surface area contributed by atoms with E-state index in [0.717, 1.165) is 30.0 Å². The van der Waals surface area contributed by atoms with E-state index in [2.05, 4.69) is 9.80 Å². The highest BCUT2D eigenvalue weighted by Gasteiger charge is 2.37. The molecule has 6 rings (SSSR count). The summed E-state index contributed by atoms with van der Waals surface area (Å²) in [5.41, 5.74) is 2.38. The van der Waals surface area contributed by atoms with Crippen LogP contribution in [0.4, 0.5) is 0 Å². The number of hydrogen-bond donors (Lipinski definition) is 0. The predicted molar refractivity (Wildman–Crippen MR) is 137 cm³/mol. The third-order valence-corrected chi connectivity index (χ3v) is 8.11. The molecular formula is C29H34N2O5. The molecule has 0 radical (unpaired) electrons. The molecule has 0 aliphatic carbocycles. The highest BCUT2D eigenvalue weighted by Crippen LogP contribution is 2.43. The summed E-state index contributed by atoms with van der Waals surface area (Å²) in [6.07, 6.45) is 8.31. The summed E-state index contributed by atoms with van der Waals surface area (Å²) in [7, 11) is 3.20. The Bertz CT molecular complexity index is 1190. The quantitative estimate of drug-likeness (QED) is 0.561. The van der Waals surface area contributed by atoms with Gasteiger partial charge >= 0.3 is 0 Å². The molecule has 2 aromatic rings. The van der Waals surface area contributed by atoms with Crippen molar-refractivity contribution in [2.75, 3.05) is 40.6 Å². The zero-order valence-electron chi connectivity index (χ0n) is 21.1. The molecule has 190 valence electrons. The van der Waals surface area contributed by atoms with Crippen LogP contribution in [0.25, 0.3) is 6.08 Å². The number of ether oxygens (including phenoxy) is 4. The van der Waals surface area contributed by atoms with Gasteiger partial charge in [-0.25, -0.2) is 0 Å².